The molecule has 0 spiro atoms. The predicted octanol–water partition coefficient (Wildman–Crippen LogP) is 2.28. The molecule has 0 aliphatic heterocycles. The van der Waals surface area contributed by atoms with Gasteiger partial charge in [-0.15, -0.1) is 0 Å². The quantitative estimate of drug-likeness (QED) is 0.665. The van der Waals surface area contributed by atoms with E-state index in [4.69, 9.17) is 29.0 Å². The highest BCUT2D eigenvalue weighted by atomic mass is 35.5. The number of imidazole rings is 1. The molecular weight excluding hydrogens is 259 g/mol. The molecule has 0 radical (unpaired) electrons. The molecule has 0 fully saturated rings. The van der Waals surface area contributed by atoms with Gasteiger partial charge in [-0.05, 0) is 23.8 Å². The molecule has 1 heterocycles. The van der Waals surface area contributed by atoms with Crippen molar-refractivity contribution in [2.24, 2.45) is 12.9 Å². The van der Waals surface area contributed by atoms with Crippen molar-refractivity contribution in [2.75, 3.05) is 0 Å². The van der Waals surface area contributed by atoms with Crippen molar-refractivity contribution in [3.8, 4) is 0 Å². The van der Waals surface area contributed by atoms with Crippen molar-refractivity contribution in [2.45, 2.75) is 6.04 Å². The molecule has 0 amide bonds. The van der Waals surface area contributed by atoms with Crippen molar-refractivity contribution >= 4 is 23.2 Å². The summed E-state index contributed by atoms with van der Waals surface area (Å²) in [6, 6.07) is 5.06. The van der Waals surface area contributed by atoms with E-state index in [0.29, 0.717) is 10.0 Å². The standard InChI is InChI=1S/C11H12Cl2N4/c1-17-3-2-15-11(17)10(16-14)7-4-8(12)6-9(13)5-7/h2-6,10,16H,14H2,1H3. The molecule has 1 unspecified atom stereocenters. The van der Waals surface area contributed by atoms with Gasteiger partial charge in [0.2, 0.25) is 0 Å². The third kappa shape index (κ3) is 2.61. The maximum atomic E-state index is 5.97. The zero-order valence-corrected chi connectivity index (χ0v) is 10.7. The van der Waals surface area contributed by atoms with E-state index in [0.717, 1.165) is 11.4 Å². The SMILES string of the molecule is Cn1ccnc1C(NN)c1cc(Cl)cc(Cl)c1. The van der Waals surface area contributed by atoms with E-state index < -0.39 is 0 Å². The fraction of sp³-hybridized carbons (Fsp3) is 0.182. The van der Waals surface area contributed by atoms with Crippen molar-refractivity contribution in [1.29, 1.82) is 0 Å². The zero-order chi connectivity index (χ0) is 12.4. The van der Waals surface area contributed by atoms with Crippen LogP contribution in [-0.4, -0.2) is 9.55 Å². The smallest absolute Gasteiger partial charge is 0.131 e. The number of hydrogen-bond donors (Lipinski definition) is 2. The lowest BCUT2D eigenvalue weighted by atomic mass is 10.1. The van der Waals surface area contributed by atoms with Gasteiger partial charge < -0.3 is 4.57 Å². The van der Waals surface area contributed by atoms with E-state index in [1.165, 1.54) is 0 Å². The second kappa shape index (κ2) is 5.06. The molecule has 2 aromatic rings. The van der Waals surface area contributed by atoms with Crippen molar-refractivity contribution < 1.29 is 0 Å². The molecular formula is C11H12Cl2N4. The summed E-state index contributed by atoms with van der Waals surface area (Å²) in [5, 5.41) is 1.14. The van der Waals surface area contributed by atoms with Crippen LogP contribution in [0.15, 0.2) is 30.6 Å². The van der Waals surface area contributed by atoms with Crippen LogP contribution in [0.3, 0.4) is 0 Å². The summed E-state index contributed by atoms with van der Waals surface area (Å²) in [5.74, 6) is 6.37. The van der Waals surface area contributed by atoms with Crippen molar-refractivity contribution in [1.82, 2.24) is 15.0 Å². The van der Waals surface area contributed by atoms with Crippen LogP contribution in [-0.2, 0) is 7.05 Å². The minimum atomic E-state index is -0.244. The first-order valence-corrected chi connectivity index (χ1v) is 5.76. The average Bonchev–Trinajstić information content (AvgIpc) is 2.65. The molecule has 6 heteroatoms. The van der Waals surface area contributed by atoms with E-state index >= 15 is 0 Å². The van der Waals surface area contributed by atoms with Gasteiger partial charge in [0.15, 0.2) is 0 Å². The summed E-state index contributed by atoms with van der Waals surface area (Å²) < 4.78 is 1.89. The van der Waals surface area contributed by atoms with Crippen LogP contribution in [0.25, 0.3) is 0 Å². The monoisotopic (exact) mass is 270 g/mol. The minimum absolute atomic E-state index is 0.244. The minimum Gasteiger partial charge on any atom is -0.336 e. The molecule has 0 aliphatic carbocycles. The van der Waals surface area contributed by atoms with Gasteiger partial charge in [0.25, 0.3) is 0 Å². The van der Waals surface area contributed by atoms with E-state index in [9.17, 15) is 0 Å². The van der Waals surface area contributed by atoms with E-state index in [-0.39, 0.29) is 6.04 Å². The molecule has 3 N–H and O–H groups in total. The molecule has 0 saturated heterocycles. The van der Waals surface area contributed by atoms with E-state index in [1.807, 2.05) is 29.9 Å². The number of hydrazine groups is 1. The Hall–Kier alpha value is -1.07. The van der Waals surface area contributed by atoms with Gasteiger partial charge in [-0.25, -0.2) is 10.4 Å². The fourth-order valence-corrected chi connectivity index (χ4v) is 2.26. The second-order valence-electron chi connectivity index (χ2n) is 3.70. The lowest BCUT2D eigenvalue weighted by molar-refractivity contribution is 0.580. The number of nitrogens with one attached hydrogen (secondary N) is 1. The molecule has 90 valence electrons. The van der Waals surface area contributed by atoms with Crippen LogP contribution in [0.4, 0.5) is 0 Å². The molecule has 0 aliphatic rings. The Bertz CT molecular complexity index is 504. The number of aromatic nitrogens is 2. The largest absolute Gasteiger partial charge is 0.336 e. The van der Waals surface area contributed by atoms with Gasteiger partial charge in [-0.3, -0.25) is 5.84 Å². The van der Waals surface area contributed by atoms with Crippen LogP contribution in [0.5, 0.6) is 0 Å². The lowest BCUT2D eigenvalue weighted by Gasteiger charge is -2.16. The Morgan fingerprint density at radius 1 is 1.29 bits per heavy atom. The summed E-state index contributed by atoms with van der Waals surface area (Å²) in [7, 11) is 1.90. The Balaban J connectivity index is 2.45. The van der Waals surface area contributed by atoms with E-state index in [1.54, 1.807) is 12.3 Å². The fourth-order valence-electron chi connectivity index (χ4n) is 1.72. The number of nitrogens with zero attached hydrogens (tertiary/aromatic N) is 2. The lowest BCUT2D eigenvalue weighted by Crippen LogP contribution is -2.30. The number of aryl methyl sites for hydroxylation is 1. The van der Waals surface area contributed by atoms with Gasteiger partial charge in [0, 0.05) is 29.5 Å². The average molecular weight is 271 g/mol. The third-order valence-electron chi connectivity index (χ3n) is 2.50. The number of rotatable bonds is 3. The number of hydrogen-bond acceptors (Lipinski definition) is 3. The highest BCUT2D eigenvalue weighted by molar-refractivity contribution is 6.34. The molecule has 1 aromatic heterocycles. The molecule has 4 nitrogen and oxygen atoms in total. The maximum absolute atomic E-state index is 5.97. The van der Waals surface area contributed by atoms with Crippen molar-refractivity contribution in [3.63, 3.8) is 0 Å². The molecule has 0 bridgehead atoms. The number of nitrogens with two attached hydrogens (primary N) is 1. The summed E-state index contributed by atoms with van der Waals surface area (Å²) in [4.78, 5) is 4.26. The molecule has 0 saturated carbocycles. The van der Waals surface area contributed by atoms with Crippen LogP contribution >= 0.6 is 23.2 Å². The first kappa shape index (κ1) is 12.4. The Labute approximate surface area is 109 Å². The van der Waals surface area contributed by atoms with Gasteiger partial charge in [-0.2, -0.15) is 0 Å². The van der Waals surface area contributed by atoms with Gasteiger partial charge >= 0.3 is 0 Å². The van der Waals surface area contributed by atoms with E-state index in [2.05, 4.69) is 10.4 Å². The summed E-state index contributed by atoms with van der Waals surface area (Å²) in [6.07, 6.45) is 3.57. The summed E-state index contributed by atoms with van der Waals surface area (Å²) >= 11 is 11.9. The van der Waals surface area contributed by atoms with Gasteiger partial charge in [0.05, 0.1) is 0 Å². The normalized spacial score (nSPS) is 12.7. The topological polar surface area (TPSA) is 55.9 Å². The maximum Gasteiger partial charge on any atom is 0.131 e. The van der Waals surface area contributed by atoms with Crippen molar-refractivity contribution in [3.05, 3.63) is 52.0 Å². The summed E-state index contributed by atoms with van der Waals surface area (Å²) in [6.45, 7) is 0. The highest BCUT2D eigenvalue weighted by Gasteiger charge is 2.17. The number of benzene rings is 1. The predicted molar refractivity (Wildman–Crippen MR) is 68.8 cm³/mol. The molecule has 2 rings (SSSR count). The third-order valence-corrected chi connectivity index (χ3v) is 2.94. The Kier molecular flexibility index (Phi) is 3.69. The Morgan fingerprint density at radius 3 is 2.41 bits per heavy atom. The first-order chi connectivity index (χ1) is 8.11. The zero-order valence-electron chi connectivity index (χ0n) is 9.19. The van der Waals surface area contributed by atoms with Gasteiger partial charge in [-0.1, -0.05) is 23.2 Å². The molecule has 1 atom stereocenters. The van der Waals surface area contributed by atoms with Gasteiger partial charge in [0.1, 0.15) is 11.9 Å². The number of halogens is 2. The summed E-state index contributed by atoms with van der Waals surface area (Å²) in [5.41, 5.74) is 3.59. The first-order valence-electron chi connectivity index (χ1n) is 5.01. The van der Waals surface area contributed by atoms with Crippen LogP contribution < -0.4 is 11.3 Å². The Morgan fingerprint density at radius 2 is 1.94 bits per heavy atom. The highest BCUT2D eigenvalue weighted by Crippen LogP contribution is 2.26. The van der Waals surface area contributed by atoms with Crippen LogP contribution in [0.1, 0.15) is 17.4 Å². The second-order valence-corrected chi connectivity index (χ2v) is 4.57. The molecule has 1 aromatic carbocycles. The van der Waals surface area contributed by atoms with Crippen LogP contribution in [0, 0.1) is 0 Å². The van der Waals surface area contributed by atoms with Crippen LogP contribution in [0.2, 0.25) is 10.0 Å². The molecule has 17 heavy (non-hydrogen) atoms.